The van der Waals surface area contributed by atoms with Gasteiger partial charge in [0.2, 0.25) is 0 Å². The number of halogens is 1. The minimum atomic E-state index is -0.644. The number of carbonyl (C=O) groups is 3. The molecule has 0 unspecified atom stereocenters. The van der Waals surface area contributed by atoms with E-state index in [1.807, 2.05) is 37.3 Å². The van der Waals surface area contributed by atoms with Gasteiger partial charge in [0.15, 0.2) is 0 Å². The predicted molar refractivity (Wildman–Crippen MR) is 120 cm³/mol. The van der Waals surface area contributed by atoms with Gasteiger partial charge in [-0.15, -0.1) is 0 Å². The first-order chi connectivity index (χ1) is 15.5. The highest BCUT2D eigenvalue weighted by Crippen LogP contribution is 2.46. The van der Waals surface area contributed by atoms with Crippen molar-refractivity contribution in [2.24, 2.45) is 0 Å². The lowest BCUT2D eigenvalue weighted by molar-refractivity contribution is -0.129. The Morgan fingerprint density at radius 1 is 1.19 bits per heavy atom. The summed E-state index contributed by atoms with van der Waals surface area (Å²) in [7, 11) is 0. The van der Waals surface area contributed by atoms with Gasteiger partial charge in [-0.1, -0.05) is 48.9 Å². The standard InChI is InChI=1S/C23H24ClN5O3/c1-2-17-20(16(24)8-9-25-17)26-22(31)27-10-11-28-19(13-27)21(30)29(23(28)32)18-12-15(18)14-6-4-3-5-7-14/h3-9,15,18-19H,2,10-13H2,1H3,(H,26,31)/t15-,18+,19+/m1/s1. The van der Waals surface area contributed by atoms with Crippen LogP contribution in [0.2, 0.25) is 5.02 Å². The first kappa shape index (κ1) is 20.8. The molecule has 166 valence electrons. The highest BCUT2D eigenvalue weighted by molar-refractivity contribution is 6.33. The van der Waals surface area contributed by atoms with E-state index in [4.69, 9.17) is 11.6 Å². The number of nitrogens with one attached hydrogen (secondary N) is 1. The van der Waals surface area contributed by atoms with E-state index in [1.165, 1.54) is 4.90 Å². The maximum atomic E-state index is 13.2. The number of carbonyl (C=O) groups excluding carboxylic acids is 3. The fraction of sp³-hybridized carbons (Fsp3) is 0.391. The lowest BCUT2D eigenvalue weighted by Crippen LogP contribution is -2.55. The third-order valence-electron chi connectivity index (χ3n) is 6.50. The van der Waals surface area contributed by atoms with Crippen molar-refractivity contribution in [3.8, 4) is 0 Å². The molecule has 0 spiro atoms. The van der Waals surface area contributed by atoms with E-state index >= 15 is 0 Å². The molecule has 5 amide bonds. The van der Waals surface area contributed by atoms with E-state index in [9.17, 15) is 14.4 Å². The Labute approximate surface area is 191 Å². The number of hydrogen-bond acceptors (Lipinski definition) is 4. The van der Waals surface area contributed by atoms with Crippen molar-refractivity contribution in [2.75, 3.05) is 25.0 Å². The van der Waals surface area contributed by atoms with Gasteiger partial charge in [-0.2, -0.15) is 0 Å². The Kier molecular flexibility index (Phi) is 5.25. The van der Waals surface area contributed by atoms with Crippen molar-refractivity contribution >= 4 is 35.3 Å². The molecular formula is C23H24ClN5O3. The molecule has 0 radical (unpaired) electrons. The molecule has 9 heteroatoms. The quantitative estimate of drug-likeness (QED) is 0.719. The Hall–Kier alpha value is -3.13. The highest BCUT2D eigenvalue weighted by Gasteiger charge is 2.56. The summed E-state index contributed by atoms with van der Waals surface area (Å²) in [6, 6.07) is 10.2. The minimum Gasteiger partial charge on any atom is -0.320 e. The number of benzene rings is 1. The molecule has 2 saturated heterocycles. The SMILES string of the molecule is CCc1nccc(Cl)c1NC(=O)N1CCN2C(=O)N([C@H]3C[C@@H]3c3ccccc3)C(=O)[C@@H]2C1. The van der Waals surface area contributed by atoms with Crippen LogP contribution in [0.3, 0.4) is 0 Å². The minimum absolute atomic E-state index is 0.105. The number of hydrogen-bond donors (Lipinski definition) is 1. The van der Waals surface area contributed by atoms with Gasteiger partial charge in [-0.3, -0.25) is 14.7 Å². The maximum absolute atomic E-state index is 13.2. The Bertz CT molecular complexity index is 1080. The number of fused-ring (bicyclic) bond motifs is 1. The van der Waals surface area contributed by atoms with Gasteiger partial charge in [0, 0.05) is 31.2 Å². The van der Waals surface area contributed by atoms with Gasteiger partial charge in [0.25, 0.3) is 5.91 Å². The number of rotatable bonds is 4. The molecule has 1 aromatic heterocycles. The van der Waals surface area contributed by atoms with Gasteiger partial charge in [-0.25, -0.2) is 9.59 Å². The van der Waals surface area contributed by atoms with Gasteiger partial charge in [0.05, 0.1) is 22.9 Å². The van der Waals surface area contributed by atoms with Crippen LogP contribution in [0.25, 0.3) is 0 Å². The molecule has 32 heavy (non-hydrogen) atoms. The number of imide groups is 1. The van der Waals surface area contributed by atoms with Crippen molar-refractivity contribution in [2.45, 2.75) is 37.8 Å². The number of amides is 5. The van der Waals surface area contributed by atoms with Crippen molar-refractivity contribution in [3.63, 3.8) is 0 Å². The van der Waals surface area contributed by atoms with Crippen molar-refractivity contribution < 1.29 is 14.4 Å². The third-order valence-corrected chi connectivity index (χ3v) is 6.82. The predicted octanol–water partition coefficient (Wildman–Crippen LogP) is 3.33. The van der Waals surface area contributed by atoms with E-state index in [1.54, 1.807) is 22.1 Å². The summed E-state index contributed by atoms with van der Waals surface area (Å²) in [6.07, 6.45) is 3.01. The fourth-order valence-corrected chi connectivity index (χ4v) is 4.91. The average Bonchev–Trinajstić information content (AvgIpc) is 3.56. The van der Waals surface area contributed by atoms with Crippen LogP contribution in [0.5, 0.6) is 0 Å². The van der Waals surface area contributed by atoms with Crippen molar-refractivity contribution in [1.29, 1.82) is 0 Å². The lowest BCUT2D eigenvalue weighted by atomic mass is 10.1. The van der Waals surface area contributed by atoms with Crippen molar-refractivity contribution in [1.82, 2.24) is 19.7 Å². The number of nitrogens with zero attached hydrogens (tertiary/aromatic N) is 4. The third kappa shape index (κ3) is 3.48. The first-order valence-corrected chi connectivity index (χ1v) is 11.2. The summed E-state index contributed by atoms with van der Waals surface area (Å²) in [5, 5.41) is 3.26. The summed E-state index contributed by atoms with van der Waals surface area (Å²) in [5.41, 5.74) is 2.33. The second-order valence-electron chi connectivity index (χ2n) is 8.36. The van der Waals surface area contributed by atoms with Crippen LogP contribution < -0.4 is 5.32 Å². The van der Waals surface area contributed by atoms with E-state index in [2.05, 4.69) is 10.3 Å². The Morgan fingerprint density at radius 3 is 2.72 bits per heavy atom. The maximum Gasteiger partial charge on any atom is 0.327 e. The molecular weight excluding hydrogens is 430 g/mol. The number of piperazine rings is 1. The molecule has 3 heterocycles. The van der Waals surface area contributed by atoms with Crippen LogP contribution >= 0.6 is 11.6 Å². The van der Waals surface area contributed by atoms with Gasteiger partial charge < -0.3 is 15.1 Å². The lowest BCUT2D eigenvalue weighted by Gasteiger charge is -2.35. The number of pyridine rings is 1. The number of aryl methyl sites for hydroxylation is 1. The number of urea groups is 2. The normalized spacial score (nSPS) is 24.6. The van der Waals surface area contributed by atoms with Crippen LogP contribution in [-0.4, -0.2) is 69.4 Å². The Morgan fingerprint density at radius 2 is 1.97 bits per heavy atom. The molecule has 0 bridgehead atoms. The van der Waals surface area contributed by atoms with E-state index < -0.39 is 6.04 Å². The zero-order valence-corrected chi connectivity index (χ0v) is 18.5. The summed E-state index contributed by atoms with van der Waals surface area (Å²) in [5.74, 6) is -0.0327. The molecule has 3 fully saturated rings. The summed E-state index contributed by atoms with van der Waals surface area (Å²) >= 11 is 6.26. The van der Waals surface area contributed by atoms with Gasteiger partial charge in [0.1, 0.15) is 6.04 Å². The van der Waals surface area contributed by atoms with Crippen LogP contribution in [0, 0.1) is 0 Å². The second kappa shape index (κ2) is 8.09. The van der Waals surface area contributed by atoms with E-state index in [0.29, 0.717) is 35.9 Å². The monoisotopic (exact) mass is 453 g/mol. The fourth-order valence-electron chi connectivity index (χ4n) is 4.70. The highest BCUT2D eigenvalue weighted by atomic mass is 35.5. The molecule has 1 saturated carbocycles. The molecule has 3 atom stereocenters. The van der Waals surface area contributed by atoms with Gasteiger partial charge >= 0.3 is 12.1 Å². The molecule has 3 aliphatic rings. The summed E-state index contributed by atoms with van der Waals surface area (Å²) < 4.78 is 0. The summed E-state index contributed by atoms with van der Waals surface area (Å²) in [6.45, 7) is 2.77. The zero-order chi connectivity index (χ0) is 22.4. The van der Waals surface area contributed by atoms with Gasteiger partial charge in [-0.05, 0) is 24.5 Å². The Balaban J connectivity index is 1.28. The summed E-state index contributed by atoms with van der Waals surface area (Å²) in [4.78, 5) is 47.9. The number of anilines is 1. The molecule has 1 aliphatic carbocycles. The van der Waals surface area contributed by atoms with Crippen LogP contribution in [0.15, 0.2) is 42.6 Å². The molecule has 1 N–H and O–H groups in total. The van der Waals surface area contributed by atoms with Crippen molar-refractivity contribution in [3.05, 3.63) is 58.9 Å². The van der Waals surface area contributed by atoms with Crippen LogP contribution in [0.1, 0.15) is 30.5 Å². The number of aromatic nitrogens is 1. The second-order valence-corrected chi connectivity index (χ2v) is 8.77. The smallest absolute Gasteiger partial charge is 0.320 e. The van der Waals surface area contributed by atoms with Crippen LogP contribution in [0.4, 0.5) is 15.3 Å². The topological polar surface area (TPSA) is 85.8 Å². The molecule has 5 rings (SSSR count). The van der Waals surface area contributed by atoms with E-state index in [0.717, 1.165) is 12.0 Å². The van der Waals surface area contributed by atoms with Crippen LogP contribution in [-0.2, 0) is 11.2 Å². The zero-order valence-electron chi connectivity index (χ0n) is 17.7. The molecule has 2 aliphatic heterocycles. The molecule has 8 nitrogen and oxygen atoms in total. The molecule has 2 aromatic rings. The molecule has 1 aromatic carbocycles. The average molecular weight is 454 g/mol. The first-order valence-electron chi connectivity index (χ1n) is 10.9. The largest absolute Gasteiger partial charge is 0.327 e. The van der Waals surface area contributed by atoms with E-state index in [-0.39, 0.29) is 36.5 Å².